The number of nitrogens with zero attached hydrogens (tertiary/aromatic N) is 4. The maximum atomic E-state index is 12.6. The number of aryl methyl sites for hydroxylation is 1. The highest BCUT2D eigenvalue weighted by atomic mass is 32.2. The van der Waals surface area contributed by atoms with E-state index in [0.29, 0.717) is 25.1 Å². The van der Waals surface area contributed by atoms with Gasteiger partial charge in [-0.05, 0) is 66.0 Å². The maximum absolute atomic E-state index is 12.6. The van der Waals surface area contributed by atoms with Crippen molar-refractivity contribution in [1.82, 2.24) is 9.88 Å². The summed E-state index contributed by atoms with van der Waals surface area (Å²) in [5.41, 5.74) is 5.84. The number of anilines is 1. The number of aromatic nitrogens is 1. The molecule has 0 fully saturated rings. The van der Waals surface area contributed by atoms with Crippen LogP contribution in [0.2, 0.25) is 0 Å². The van der Waals surface area contributed by atoms with E-state index in [1.807, 2.05) is 43.3 Å². The lowest BCUT2D eigenvalue weighted by Gasteiger charge is -2.34. The van der Waals surface area contributed by atoms with Crippen molar-refractivity contribution in [3.05, 3.63) is 119 Å². The third-order valence-electron chi connectivity index (χ3n) is 8.21. The molecule has 1 unspecified atom stereocenters. The first kappa shape index (κ1) is 32.0. The Balaban J connectivity index is 1.20. The fourth-order valence-electron chi connectivity index (χ4n) is 5.76. The minimum absolute atomic E-state index is 0.0762. The molecule has 234 valence electrons. The number of pyridine rings is 1. The van der Waals surface area contributed by atoms with E-state index in [1.54, 1.807) is 29.3 Å². The number of hydrogen-bond acceptors (Lipinski definition) is 5. The van der Waals surface area contributed by atoms with Gasteiger partial charge >= 0.3 is 6.03 Å². The van der Waals surface area contributed by atoms with Crippen LogP contribution in [0, 0.1) is 0 Å². The van der Waals surface area contributed by atoms with Gasteiger partial charge in [0.25, 0.3) is 0 Å². The number of hydrogen-bond donors (Lipinski definition) is 1. The number of rotatable bonds is 12. The largest absolute Gasteiger partial charge is 0.363 e. The minimum atomic E-state index is -3.55. The molecule has 1 aliphatic heterocycles. The molecule has 0 bridgehead atoms. The van der Waals surface area contributed by atoms with E-state index >= 15 is 0 Å². The molecule has 1 N–H and O–H groups in total. The molecule has 0 saturated heterocycles. The molecule has 0 radical (unpaired) electrons. The average molecular weight is 624 g/mol. The van der Waals surface area contributed by atoms with Crippen LogP contribution >= 0.6 is 0 Å². The lowest BCUT2D eigenvalue weighted by Crippen LogP contribution is -2.47. The summed E-state index contributed by atoms with van der Waals surface area (Å²) >= 11 is 0. The average Bonchev–Trinajstić information content (AvgIpc) is 3.32. The van der Waals surface area contributed by atoms with Crippen molar-refractivity contribution in [3.63, 3.8) is 0 Å². The zero-order chi connectivity index (χ0) is 32.1. The van der Waals surface area contributed by atoms with Gasteiger partial charge in [-0.1, -0.05) is 105 Å². The van der Waals surface area contributed by atoms with E-state index in [0.717, 1.165) is 35.2 Å². The molecule has 3 aromatic carbocycles. The number of likely N-dealkylation sites (N-methyl/N-ethyl adjacent to an activating group) is 1. The summed E-state index contributed by atoms with van der Waals surface area (Å²) in [5, 5.41) is 8.53. The van der Waals surface area contributed by atoms with Crippen molar-refractivity contribution in [2.45, 2.75) is 70.2 Å². The molecule has 1 aromatic heterocycles. The number of urea groups is 1. The van der Waals surface area contributed by atoms with Crippen LogP contribution in [-0.2, 0) is 34.0 Å². The lowest BCUT2D eigenvalue weighted by atomic mass is 9.85. The van der Waals surface area contributed by atoms with Gasteiger partial charge in [-0.25, -0.2) is 13.2 Å². The first-order valence-electron chi connectivity index (χ1n) is 15.4. The summed E-state index contributed by atoms with van der Waals surface area (Å²) < 4.78 is 27.7. The number of carbonyl (C=O) groups is 1. The second-order valence-electron chi connectivity index (χ2n) is 12.7. The second-order valence-corrected chi connectivity index (χ2v) is 14.4. The Bertz CT molecular complexity index is 1730. The molecule has 0 spiro atoms. The van der Waals surface area contributed by atoms with Crippen LogP contribution < -0.4 is 4.72 Å². The molecule has 8 nitrogen and oxygen atoms in total. The summed E-state index contributed by atoms with van der Waals surface area (Å²) in [6.45, 7) is 9.13. The highest BCUT2D eigenvalue weighted by Crippen LogP contribution is 2.35. The van der Waals surface area contributed by atoms with Crippen LogP contribution in [0.4, 0.5) is 10.5 Å². The summed E-state index contributed by atoms with van der Waals surface area (Å²) in [6, 6.07) is 29.2. The molecular formula is C36H41N5O3S. The first-order chi connectivity index (χ1) is 21.5. The standard InChI is InChI=1S/C36H41N5O3S/c1-5-41-34(42)38-40-36(41,24-28-15-19-31(20-16-28)35(2,3)4)23-9-12-27-13-17-30(18-14-27)33-22-21-32(25-37-33)39-45(43,44)26-29-10-7-6-8-11-29/h6-8,10-11,13-22,25,39H,5,9,12,23-24,26H2,1-4H3. The number of azo groups is 1. The van der Waals surface area contributed by atoms with Gasteiger partial charge in [0.15, 0.2) is 5.66 Å². The molecule has 9 heteroatoms. The van der Waals surface area contributed by atoms with E-state index in [-0.39, 0.29) is 17.2 Å². The normalized spacial score (nSPS) is 16.7. The second kappa shape index (κ2) is 13.3. The molecule has 1 aliphatic rings. The summed E-state index contributed by atoms with van der Waals surface area (Å²) in [6.07, 6.45) is 4.56. The van der Waals surface area contributed by atoms with Gasteiger partial charge in [0.1, 0.15) is 0 Å². The Morgan fingerprint density at radius 2 is 1.53 bits per heavy atom. The van der Waals surface area contributed by atoms with Gasteiger partial charge in [-0.15, -0.1) is 0 Å². The zero-order valence-electron chi connectivity index (χ0n) is 26.4. The van der Waals surface area contributed by atoms with Gasteiger partial charge in [-0.3, -0.25) is 14.6 Å². The predicted octanol–water partition coefficient (Wildman–Crippen LogP) is 8.16. The SMILES string of the molecule is CCN1C(=O)N=NC1(CCCc1ccc(-c2ccc(NS(=O)(=O)Cc3ccccc3)cn2)cc1)Cc1ccc(C(C)(C)C)cc1. The third-order valence-corrected chi connectivity index (χ3v) is 9.47. The van der Waals surface area contributed by atoms with E-state index < -0.39 is 15.7 Å². The topological polar surface area (TPSA) is 104 Å². The molecule has 0 aliphatic carbocycles. The first-order valence-corrected chi connectivity index (χ1v) is 17.1. The maximum Gasteiger partial charge on any atom is 0.363 e. The zero-order valence-corrected chi connectivity index (χ0v) is 27.2. The third kappa shape index (κ3) is 8.02. The van der Waals surface area contributed by atoms with Gasteiger partial charge in [-0.2, -0.15) is 5.11 Å². The van der Waals surface area contributed by atoms with Gasteiger partial charge in [0.2, 0.25) is 10.0 Å². The molecule has 5 rings (SSSR count). The molecular weight excluding hydrogens is 582 g/mol. The molecule has 2 amide bonds. The van der Waals surface area contributed by atoms with Crippen LogP contribution in [0.3, 0.4) is 0 Å². The summed E-state index contributed by atoms with van der Waals surface area (Å²) in [5.74, 6) is -0.0988. The van der Waals surface area contributed by atoms with E-state index in [1.165, 1.54) is 11.1 Å². The number of sulfonamides is 1. The fourth-order valence-corrected chi connectivity index (χ4v) is 6.94. The van der Waals surface area contributed by atoms with E-state index in [2.05, 4.69) is 77.1 Å². The molecule has 4 aromatic rings. The van der Waals surface area contributed by atoms with Crippen LogP contribution in [0.25, 0.3) is 11.3 Å². The smallest absolute Gasteiger partial charge is 0.295 e. The van der Waals surface area contributed by atoms with Crippen LogP contribution in [0.15, 0.2) is 107 Å². The fraction of sp³-hybridized carbons (Fsp3) is 0.333. The molecule has 0 saturated carbocycles. The summed E-state index contributed by atoms with van der Waals surface area (Å²) in [7, 11) is -3.55. The monoisotopic (exact) mass is 623 g/mol. The van der Waals surface area contributed by atoms with Crippen molar-refractivity contribution < 1.29 is 13.2 Å². The number of benzene rings is 3. The Morgan fingerprint density at radius 3 is 2.16 bits per heavy atom. The summed E-state index contributed by atoms with van der Waals surface area (Å²) in [4.78, 5) is 18.9. The Morgan fingerprint density at radius 1 is 0.844 bits per heavy atom. The Hall–Kier alpha value is -4.37. The Kier molecular flexibility index (Phi) is 9.48. The minimum Gasteiger partial charge on any atom is -0.295 e. The predicted molar refractivity (Wildman–Crippen MR) is 180 cm³/mol. The molecule has 2 heterocycles. The quantitative estimate of drug-likeness (QED) is 0.172. The van der Waals surface area contributed by atoms with Crippen molar-refractivity contribution in [1.29, 1.82) is 0 Å². The van der Waals surface area contributed by atoms with Crippen molar-refractivity contribution >= 4 is 21.7 Å². The highest BCUT2D eigenvalue weighted by molar-refractivity contribution is 7.91. The number of amides is 2. The van der Waals surface area contributed by atoms with Gasteiger partial charge in [0.05, 0.1) is 23.3 Å². The van der Waals surface area contributed by atoms with E-state index in [9.17, 15) is 13.2 Å². The van der Waals surface area contributed by atoms with Crippen LogP contribution in [-0.4, -0.2) is 36.5 Å². The van der Waals surface area contributed by atoms with Crippen LogP contribution in [0.5, 0.6) is 0 Å². The number of nitrogens with one attached hydrogen (secondary N) is 1. The van der Waals surface area contributed by atoms with Crippen LogP contribution in [0.1, 0.15) is 62.8 Å². The van der Waals surface area contributed by atoms with E-state index in [4.69, 9.17) is 0 Å². The van der Waals surface area contributed by atoms with Crippen molar-refractivity contribution in [3.8, 4) is 11.3 Å². The highest BCUT2D eigenvalue weighted by Gasteiger charge is 2.43. The lowest BCUT2D eigenvalue weighted by molar-refractivity contribution is 0.138. The van der Waals surface area contributed by atoms with Gasteiger partial charge < -0.3 is 0 Å². The molecule has 1 atom stereocenters. The van der Waals surface area contributed by atoms with Gasteiger partial charge in [0, 0.05) is 18.5 Å². The van der Waals surface area contributed by atoms with Crippen molar-refractivity contribution in [2.24, 2.45) is 10.2 Å². The molecule has 45 heavy (non-hydrogen) atoms. The van der Waals surface area contributed by atoms with Crippen molar-refractivity contribution in [2.75, 3.05) is 11.3 Å². The number of carbonyl (C=O) groups excluding carboxylic acids is 1. The Labute approximate surface area is 266 Å².